The molecule has 0 amide bonds. The van der Waals surface area contributed by atoms with E-state index in [0.29, 0.717) is 6.61 Å². The topological polar surface area (TPSA) is 21.3 Å². The van der Waals surface area contributed by atoms with Gasteiger partial charge in [-0.1, -0.05) is 42.8 Å². The first-order valence-electron chi connectivity index (χ1n) is 7.07. The third-order valence-electron chi connectivity index (χ3n) is 3.22. The summed E-state index contributed by atoms with van der Waals surface area (Å²) in [5.74, 6) is 0.917. The van der Waals surface area contributed by atoms with Crippen molar-refractivity contribution < 1.29 is 4.74 Å². The average Bonchev–Trinajstić information content (AvgIpc) is 2.49. The van der Waals surface area contributed by atoms with E-state index in [1.54, 1.807) is 0 Å². The van der Waals surface area contributed by atoms with E-state index in [9.17, 15) is 0 Å². The van der Waals surface area contributed by atoms with Crippen LogP contribution < -0.4 is 10.1 Å². The van der Waals surface area contributed by atoms with Crippen LogP contribution in [0.5, 0.6) is 5.75 Å². The van der Waals surface area contributed by atoms with Crippen LogP contribution in [0.4, 0.5) is 0 Å². The fraction of sp³-hybridized carbons (Fsp3) is 0.294. The van der Waals surface area contributed by atoms with Crippen molar-refractivity contribution in [2.24, 2.45) is 0 Å². The zero-order chi connectivity index (χ0) is 15.2. The molecule has 0 aliphatic rings. The van der Waals surface area contributed by atoms with Gasteiger partial charge in [0, 0.05) is 9.13 Å². The molecule has 2 aromatic rings. The first-order valence-corrected chi connectivity index (χ1v) is 8.53. The minimum Gasteiger partial charge on any atom is -0.494 e. The Morgan fingerprint density at radius 1 is 1.19 bits per heavy atom. The normalized spacial score (nSPS) is 12.2. The zero-order valence-corrected chi connectivity index (χ0v) is 15.1. The minimum atomic E-state index is 0.0762. The molecule has 0 aromatic heterocycles. The van der Waals surface area contributed by atoms with Crippen LogP contribution in [-0.4, -0.2) is 13.2 Å². The van der Waals surface area contributed by atoms with Crippen LogP contribution in [0.2, 0.25) is 5.02 Å². The fourth-order valence-corrected chi connectivity index (χ4v) is 2.83. The van der Waals surface area contributed by atoms with Crippen LogP contribution in [0.25, 0.3) is 0 Å². The Morgan fingerprint density at radius 3 is 2.62 bits per heavy atom. The van der Waals surface area contributed by atoms with Crippen LogP contribution in [0, 0.1) is 3.57 Å². The second-order valence-corrected chi connectivity index (χ2v) is 6.20. The van der Waals surface area contributed by atoms with E-state index in [1.165, 1.54) is 0 Å². The molecule has 2 rings (SSSR count). The van der Waals surface area contributed by atoms with E-state index in [-0.39, 0.29) is 6.04 Å². The molecule has 112 valence electrons. The second kappa shape index (κ2) is 8.01. The van der Waals surface area contributed by atoms with Gasteiger partial charge in [0.25, 0.3) is 0 Å². The number of halogens is 2. The Hall–Kier alpha value is -0.780. The van der Waals surface area contributed by atoms with Crippen LogP contribution in [0.1, 0.15) is 31.0 Å². The molecule has 0 heterocycles. The number of hydrogen-bond donors (Lipinski definition) is 1. The Morgan fingerprint density at radius 2 is 1.95 bits per heavy atom. The standard InChI is InChI=1S/C17H19ClINO/c1-3-20-17(12-9-10-15(19)14(18)11-12)13-7-5-6-8-16(13)21-4-2/h5-11,17,20H,3-4H2,1-2H3. The average molecular weight is 416 g/mol. The highest BCUT2D eigenvalue weighted by Gasteiger charge is 2.18. The van der Waals surface area contributed by atoms with Crippen molar-refractivity contribution in [3.63, 3.8) is 0 Å². The molecule has 4 heteroatoms. The quantitative estimate of drug-likeness (QED) is 0.667. The van der Waals surface area contributed by atoms with Gasteiger partial charge in [0.15, 0.2) is 0 Å². The molecule has 0 radical (unpaired) electrons. The molecule has 1 unspecified atom stereocenters. The molecule has 2 aromatic carbocycles. The molecule has 0 saturated carbocycles. The highest BCUT2D eigenvalue weighted by atomic mass is 127. The van der Waals surface area contributed by atoms with Crippen molar-refractivity contribution >= 4 is 34.2 Å². The van der Waals surface area contributed by atoms with E-state index >= 15 is 0 Å². The molecule has 0 spiro atoms. The maximum Gasteiger partial charge on any atom is 0.124 e. The first-order chi connectivity index (χ1) is 10.2. The lowest BCUT2D eigenvalue weighted by molar-refractivity contribution is 0.333. The van der Waals surface area contributed by atoms with Crippen molar-refractivity contribution in [2.45, 2.75) is 19.9 Å². The molecule has 0 aliphatic carbocycles. The van der Waals surface area contributed by atoms with Gasteiger partial charge in [0.05, 0.1) is 17.7 Å². The lowest BCUT2D eigenvalue weighted by atomic mass is 9.98. The second-order valence-electron chi connectivity index (χ2n) is 4.64. The maximum atomic E-state index is 6.28. The van der Waals surface area contributed by atoms with E-state index in [0.717, 1.165) is 32.0 Å². The van der Waals surface area contributed by atoms with Crippen molar-refractivity contribution in [2.75, 3.05) is 13.2 Å². The van der Waals surface area contributed by atoms with E-state index in [4.69, 9.17) is 16.3 Å². The van der Waals surface area contributed by atoms with E-state index < -0.39 is 0 Å². The summed E-state index contributed by atoms with van der Waals surface area (Å²) in [7, 11) is 0. The Kier molecular flexibility index (Phi) is 6.33. The van der Waals surface area contributed by atoms with Gasteiger partial charge in [-0.2, -0.15) is 0 Å². The number of nitrogens with one attached hydrogen (secondary N) is 1. The van der Waals surface area contributed by atoms with Crippen LogP contribution >= 0.6 is 34.2 Å². The maximum absolute atomic E-state index is 6.28. The van der Waals surface area contributed by atoms with Crippen molar-refractivity contribution in [3.05, 3.63) is 62.2 Å². The molecule has 1 atom stereocenters. The molecule has 0 fully saturated rings. The molecular formula is C17H19ClINO. The molecular weight excluding hydrogens is 397 g/mol. The lowest BCUT2D eigenvalue weighted by Crippen LogP contribution is -2.22. The van der Waals surface area contributed by atoms with Gasteiger partial charge in [-0.3, -0.25) is 0 Å². The number of rotatable bonds is 6. The zero-order valence-electron chi connectivity index (χ0n) is 12.2. The van der Waals surface area contributed by atoms with Crippen molar-refractivity contribution in [1.82, 2.24) is 5.32 Å². The van der Waals surface area contributed by atoms with Gasteiger partial charge in [0.1, 0.15) is 5.75 Å². The molecule has 0 bridgehead atoms. The van der Waals surface area contributed by atoms with Gasteiger partial charge in [-0.15, -0.1) is 0 Å². The van der Waals surface area contributed by atoms with Crippen LogP contribution in [0.15, 0.2) is 42.5 Å². The molecule has 2 nitrogen and oxygen atoms in total. The molecule has 1 N–H and O–H groups in total. The fourth-order valence-electron chi connectivity index (χ4n) is 2.31. The number of hydrogen-bond acceptors (Lipinski definition) is 2. The molecule has 0 aliphatic heterocycles. The van der Waals surface area contributed by atoms with Gasteiger partial charge in [-0.25, -0.2) is 0 Å². The highest BCUT2D eigenvalue weighted by molar-refractivity contribution is 14.1. The SMILES string of the molecule is CCNC(c1ccc(I)c(Cl)c1)c1ccccc1OCC. The Balaban J connectivity index is 2.45. The van der Waals surface area contributed by atoms with E-state index in [2.05, 4.69) is 47.0 Å². The Bertz CT molecular complexity index is 603. The third-order valence-corrected chi connectivity index (χ3v) is 4.79. The van der Waals surface area contributed by atoms with Gasteiger partial charge in [0.2, 0.25) is 0 Å². The number of para-hydroxylation sites is 1. The highest BCUT2D eigenvalue weighted by Crippen LogP contribution is 2.32. The van der Waals surface area contributed by atoms with Gasteiger partial charge >= 0.3 is 0 Å². The van der Waals surface area contributed by atoms with Crippen molar-refractivity contribution in [1.29, 1.82) is 0 Å². The summed E-state index contributed by atoms with van der Waals surface area (Å²) in [6.07, 6.45) is 0. The number of benzene rings is 2. The molecule has 21 heavy (non-hydrogen) atoms. The molecule has 0 saturated heterocycles. The summed E-state index contributed by atoms with van der Waals surface area (Å²) in [4.78, 5) is 0. The number of ether oxygens (including phenoxy) is 1. The summed E-state index contributed by atoms with van der Waals surface area (Å²) in [6.45, 7) is 5.63. The predicted octanol–water partition coefficient (Wildman–Crippen LogP) is 5.04. The largest absolute Gasteiger partial charge is 0.494 e. The smallest absolute Gasteiger partial charge is 0.124 e. The Labute approximate surface area is 145 Å². The van der Waals surface area contributed by atoms with Crippen LogP contribution in [-0.2, 0) is 0 Å². The van der Waals surface area contributed by atoms with E-state index in [1.807, 2.05) is 37.3 Å². The first kappa shape index (κ1) is 16.6. The van der Waals surface area contributed by atoms with Gasteiger partial charge < -0.3 is 10.1 Å². The summed E-state index contributed by atoms with van der Waals surface area (Å²) in [5, 5.41) is 4.30. The predicted molar refractivity (Wildman–Crippen MR) is 97.3 cm³/mol. The lowest BCUT2D eigenvalue weighted by Gasteiger charge is -2.22. The minimum absolute atomic E-state index is 0.0762. The van der Waals surface area contributed by atoms with Crippen molar-refractivity contribution in [3.8, 4) is 5.75 Å². The summed E-state index contributed by atoms with van der Waals surface area (Å²) in [5.41, 5.74) is 2.29. The monoisotopic (exact) mass is 415 g/mol. The third kappa shape index (κ3) is 4.11. The van der Waals surface area contributed by atoms with Crippen LogP contribution in [0.3, 0.4) is 0 Å². The summed E-state index contributed by atoms with van der Waals surface area (Å²) < 4.78 is 6.83. The summed E-state index contributed by atoms with van der Waals surface area (Å²) >= 11 is 8.52. The summed E-state index contributed by atoms with van der Waals surface area (Å²) in [6, 6.07) is 14.4. The van der Waals surface area contributed by atoms with Gasteiger partial charge in [-0.05, 0) is 59.8 Å².